The van der Waals surface area contributed by atoms with Crippen molar-refractivity contribution in [2.75, 3.05) is 13.7 Å². The summed E-state index contributed by atoms with van der Waals surface area (Å²) in [6, 6.07) is 4.30. The lowest BCUT2D eigenvalue weighted by atomic mass is 9.73. The number of carboxylic acid groups (broad SMARTS) is 1. The molecular formula is C21H27BCl2N2O9. The molecule has 0 saturated heterocycles. The SMILES string of the molecule is COC(=O)OB(OC(=O)CCCC(=O)O)[C@H](CC(C)C)NC(=O)CNC(=O)c1cc(Cl)ccc1Cl. The average molecular weight is 533 g/mol. The number of carboxylic acids is 1. The predicted octanol–water partition coefficient (Wildman–Crippen LogP) is 2.86. The number of rotatable bonds is 13. The van der Waals surface area contributed by atoms with Crippen molar-refractivity contribution in [2.24, 2.45) is 5.92 Å². The van der Waals surface area contributed by atoms with Gasteiger partial charge >= 0.3 is 19.2 Å². The van der Waals surface area contributed by atoms with Crippen molar-refractivity contribution in [3.63, 3.8) is 0 Å². The van der Waals surface area contributed by atoms with Crippen LogP contribution in [-0.4, -0.2) is 61.7 Å². The van der Waals surface area contributed by atoms with E-state index in [1.165, 1.54) is 18.2 Å². The Morgan fingerprint density at radius 3 is 2.37 bits per heavy atom. The molecule has 0 heterocycles. The van der Waals surface area contributed by atoms with E-state index in [1.807, 2.05) is 13.8 Å². The van der Waals surface area contributed by atoms with Crippen LogP contribution < -0.4 is 10.6 Å². The van der Waals surface area contributed by atoms with Gasteiger partial charge in [0.05, 0.1) is 30.2 Å². The first-order valence-corrected chi connectivity index (χ1v) is 11.4. The molecule has 0 fully saturated rings. The van der Waals surface area contributed by atoms with Gasteiger partial charge in [-0.3, -0.25) is 19.2 Å². The van der Waals surface area contributed by atoms with Gasteiger partial charge in [0.25, 0.3) is 11.9 Å². The van der Waals surface area contributed by atoms with Gasteiger partial charge < -0.3 is 29.8 Å². The van der Waals surface area contributed by atoms with Crippen molar-refractivity contribution in [2.45, 2.75) is 45.5 Å². The van der Waals surface area contributed by atoms with Crippen LogP contribution in [0.5, 0.6) is 0 Å². The zero-order chi connectivity index (χ0) is 26.5. The molecule has 0 spiro atoms. The van der Waals surface area contributed by atoms with Gasteiger partial charge in [-0.1, -0.05) is 37.0 Å². The largest absolute Gasteiger partial charge is 0.625 e. The Labute approximate surface area is 212 Å². The fourth-order valence-electron chi connectivity index (χ4n) is 2.83. The highest BCUT2D eigenvalue weighted by atomic mass is 35.5. The Hall–Kier alpha value is -2.99. The van der Waals surface area contributed by atoms with E-state index in [9.17, 15) is 24.0 Å². The first-order chi connectivity index (χ1) is 16.4. The third kappa shape index (κ3) is 11.8. The summed E-state index contributed by atoms with van der Waals surface area (Å²) in [4.78, 5) is 59.4. The minimum atomic E-state index is -1.55. The summed E-state index contributed by atoms with van der Waals surface area (Å²) < 4.78 is 14.7. The normalized spacial score (nSPS) is 11.3. The lowest BCUT2D eigenvalue weighted by Gasteiger charge is -2.24. The molecule has 0 unspecified atom stereocenters. The molecule has 0 radical (unpaired) electrons. The highest BCUT2D eigenvalue weighted by molar-refractivity contribution is 6.51. The second-order valence-electron chi connectivity index (χ2n) is 7.79. The van der Waals surface area contributed by atoms with Gasteiger partial charge in [0.15, 0.2) is 0 Å². The molecule has 1 rings (SSSR count). The van der Waals surface area contributed by atoms with E-state index in [2.05, 4.69) is 15.4 Å². The molecule has 2 amide bonds. The molecule has 0 aliphatic heterocycles. The fourth-order valence-corrected chi connectivity index (χ4v) is 3.21. The molecule has 1 aromatic rings. The van der Waals surface area contributed by atoms with E-state index >= 15 is 0 Å². The molecule has 35 heavy (non-hydrogen) atoms. The molecule has 3 N–H and O–H groups in total. The molecule has 0 aliphatic carbocycles. The number of methoxy groups -OCH3 is 1. The number of aliphatic carboxylic acids is 1. The maximum absolute atomic E-state index is 12.6. The Morgan fingerprint density at radius 2 is 1.77 bits per heavy atom. The van der Waals surface area contributed by atoms with Crippen molar-refractivity contribution in [3.8, 4) is 0 Å². The Balaban J connectivity index is 2.88. The molecule has 11 nitrogen and oxygen atoms in total. The number of halogens is 2. The molecule has 14 heteroatoms. The highest BCUT2D eigenvalue weighted by Crippen LogP contribution is 2.20. The average Bonchev–Trinajstić information content (AvgIpc) is 2.77. The molecular weight excluding hydrogens is 506 g/mol. The smallest absolute Gasteiger partial charge is 0.498 e. The predicted molar refractivity (Wildman–Crippen MR) is 127 cm³/mol. The van der Waals surface area contributed by atoms with Crippen LogP contribution in [0.3, 0.4) is 0 Å². The summed E-state index contributed by atoms with van der Waals surface area (Å²) in [5, 5.41) is 14.1. The lowest BCUT2D eigenvalue weighted by molar-refractivity contribution is -0.138. The van der Waals surface area contributed by atoms with Gasteiger partial charge in [-0.15, -0.1) is 0 Å². The number of carbonyl (C=O) groups excluding carboxylic acids is 4. The van der Waals surface area contributed by atoms with Crippen LogP contribution in [0, 0.1) is 5.92 Å². The number of amides is 2. The van der Waals surface area contributed by atoms with Crippen molar-refractivity contribution < 1.29 is 43.1 Å². The summed E-state index contributed by atoms with van der Waals surface area (Å²) in [5.41, 5.74) is 0.0767. The van der Waals surface area contributed by atoms with E-state index < -0.39 is 49.5 Å². The number of carbonyl (C=O) groups is 5. The fraction of sp³-hybridized carbons (Fsp3) is 0.476. The first kappa shape index (κ1) is 30.0. The van der Waals surface area contributed by atoms with Gasteiger partial charge in [-0.25, -0.2) is 4.79 Å². The molecule has 1 atom stereocenters. The lowest BCUT2D eigenvalue weighted by Crippen LogP contribution is -2.53. The minimum Gasteiger partial charge on any atom is -0.498 e. The number of nitrogens with one attached hydrogen (secondary N) is 2. The summed E-state index contributed by atoms with van der Waals surface area (Å²) >= 11 is 11.9. The Morgan fingerprint density at radius 1 is 1.09 bits per heavy atom. The third-order valence-corrected chi connectivity index (χ3v) is 4.95. The van der Waals surface area contributed by atoms with Gasteiger partial charge in [-0.05, 0) is 37.0 Å². The van der Waals surface area contributed by atoms with Gasteiger partial charge in [0.2, 0.25) is 5.91 Å². The second kappa shape index (κ2) is 15.1. The van der Waals surface area contributed by atoms with Crippen molar-refractivity contribution in [3.05, 3.63) is 33.8 Å². The van der Waals surface area contributed by atoms with Crippen molar-refractivity contribution >= 4 is 60.2 Å². The van der Waals surface area contributed by atoms with Crippen LogP contribution in [0.15, 0.2) is 18.2 Å². The van der Waals surface area contributed by atoms with E-state index in [4.69, 9.17) is 37.6 Å². The Kier molecular flexibility index (Phi) is 13.0. The van der Waals surface area contributed by atoms with Gasteiger partial charge in [0.1, 0.15) is 0 Å². The maximum atomic E-state index is 12.6. The number of hydrogen-bond donors (Lipinski definition) is 3. The summed E-state index contributed by atoms with van der Waals surface area (Å²) in [7, 11) is -0.496. The zero-order valence-electron chi connectivity index (χ0n) is 19.5. The van der Waals surface area contributed by atoms with Crippen LogP contribution in [0.2, 0.25) is 10.0 Å². The quantitative estimate of drug-likeness (QED) is 0.256. The second-order valence-corrected chi connectivity index (χ2v) is 8.63. The molecule has 0 bridgehead atoms. The number of hydrogen-bond acceptors (Lipinski definition) is 8. The van der Waals surface area contributed by atoms with E-state index in [1.54, 1.807) is 0 Å². The minimum absolute atomic E-state index is 0.0123. The summed E-state index contributed by atoms with van der Waals surface area (Å²) in [6.45, 7) is 3.19. The monoisotopic (exact) mass is 532 g/mol. The molecule has 0 saturated carbocycles. The number of benzene rings is 1. The van der Waals surface area contributed by atoms with Crippen LogP contribution >= 0.6 is 23.2 Å². The molecule has 192 valence electrons. The number of ether oxygens (including phenoxy) is 1. The topological polar surface area (TPSA) is 157 Å². The van der Waals surface area contributed by atoms with E-state index in [-0.39, 0.29) is 47.2 Å². The molecule has 0 aliphatic rings. The van der Waals surface area contributed by atoms with Gasteiger partial charge in [0, 0.05) is 17.9 Å². The molecule has 1 aromatic carbocycles. The van der Waals surface area contributed by atoms with Crippen LogP contribution in [0.1, 0.15) is 49.9 Å². The third-order valence-electron chi connectivity index (χ3n) is 4.38. The zero-order valence-corrected chi connectivity index (χ0v) is 21.0. The molecule has 0 aromatic heterocycles. The first-order valence-electron chi connectivity index (χ1n) is 10.6. The standard InChI is InChI=1S/C21H27BCl2N2O9/c1-12(2)9-16(22(35-21(32)33-3)34-19(30)6-4-5-18(28)29)26-17(27)11-25-20(31)14-10-13(23)7-8-15(14)24/h7-8,10,12,16H,4-6,9,11H2,1-3H3,(H,25,31)(H,26,27)(H,28,29)/t16-/m0/s1. The van der Waals surface area contributed by atoms with Crippen molar-refractivity contribution in [1.29, 1.82) is 0 Å². The van der Waals surface area contributed by atoms with Gasteiger partial charge in [-0.2, -0.15) is 0 Å². The Bertz CT molecular complexity index is 930. The van der Waals surface area contributed by atoms with Crippen LogP contribution in [0.4, 0.5) is 4.79 Å². The van der Waals surface area contributed by atoms with Crippen LogP contribution in [-0.2, 0) is 28.4 Å². The van der Waals surface area contributed by atoms with E-state index in [0.717, 1.165) is 7.11 Å². The maximum Gasteiger partial charge on any atom is 0.625 e. The highest BCUT2D eigenvalue weighted by Gasteiger charge is 2.39. The van der Waals surface area contributed by atoms with E-state index in [0.29, 0.717) is 0 Å². The summed E-state index contributed by atoms with van der Waals surface area (Å²) in [6.07, 6.45) is -1.41. The van der Waals surface area contributed by atoms with Crippen molar-refractivity contribution in [1.82, 2.24) is 10.6 Å². The van der Waals surface area contributed by atoms with Crippen LogP contribution in [0.25, 0.3) is 0 Å². The summed E-state index contributed by atoms with van der Waals surface area (Å²) in [5.74, 6) is -4.23.